The van der Waals surface area contributed by atoms with Gasteiger partial charge in [0.05, 0.1) is 0 Å². The van der Waals surface area contributed by atoms with Gasteiger partial charge in [-0.1, -0.05) is 38.5 Å². The van der Waals surface area contributed by atoms with Gasteiger partial charge in [-0.2, -0.15) is 0 Å². The van der Waals surface area contributed by atoms with E-state index in [2.05, 4.69) is 18.2 Å². The molecule has 98 valence electrons. The van der Waals surface area contributed by atoms with E-state index in [4.69, 9.17) is 0 Å². The summed E-state index contributed by atoms with van der Waals surface area (Å²) >= 11 is 0. The van der Waals surface area contributed by atoms with Crippen LogP contribution in [-0.2, 0) is 12.8 Å². The molecule has 0 aliphatic heterocycles. The van der Waals surface area contributed by atoms with E-state index in [0.717, 1.165) is 17.8 Å². The van der Waals surface area contributed by atoms with Crippen LogP contribution in [0.4, 0.5) is 0 Å². The second-order valence-electron chi connectivity index (χ2n) is 6.04. The first-order valence-electron chi connectivity index (χ1n) is 8.04. The zero-order valence-corrected chi connectivity index (χ0v) is 11.9. The van der Waals surface area contributed by atoms with Crippen molar-refractivity contribution in [1.82, 2.24) is 0 Å². The van der Waals surface area contributed by atoms with Crippen molar-refractivity contribution >= 4 is 0 Å². The van der Waals surface area contributed by atoms with Crippen molar-refractivity contribution in [2.45, 2.75) is 64.7 Å². The van der Waals surface area contributed by atoms with Crippen LogP contribution in [0.1, 0.15) is 68.6 Å². The summed E-state index contributed by atoms with van der Waals surface area (Å²) in [5.41, 5.74) is 5.21. The average molecular weight is 242 g/mol. The molecule has 0 N–H and O–H groups in total. The fourth-order valence-electron chi connectivity index (χ4n) is 4.72. The molecule has 0 radical (unpaired) electrons. The van der Waals surface area contributed by atoms with Gasteiger partial charge >= 0.3 is 0 Å². The second kappa shape index (κ2) is 5.07. The first kappa shape index (κ1) is 12.3. The summed E-state index contributed by atoms with van der Waals surface area (Å²) in [6, 6.07) is 7.08. The van der Waals surface area contributed by atoms with E-state index >= 15 is 0 Å². The lowest BCUT2D eigenvalue weighted by Gasteiger charge is -2.46. The number of aryl methyl sites for hydroxylation is 2. The highest BCUT2D eigenvalue weighted by Gasteiger charge is 2.40. The fraction of sp³-hybridized carbons (Fsp3) is 0.667. The normalized spacial score (nSPS) is 32.0. The Hall–Kier alpha value is -0.780. The Morgan fingerprint density at radius 3 is 1.94 bits per heavy atom. The SMILES string of the molecule is CC.c1cc2c3c(c1)CCC1CCCC(CC2)C31. The predicted molar refractivity (Wildman–Crippen MR) is 78.0 cm³/mol. The van der Waals surface area contributed by atoms with Crippen LogP contribution in [0.15, 0.2) is 18.2 Å². The molecule has 1 saturated carbocycles. The van der Waals surface area contributed by atoms with Gasteiger partial charge in [-0.15, -0.1) is 0 Å². The van der Waals surface area contributed by atoms with Crippen LogP contribution in [0.5, 0.6) is 0 Å². The summed E-state index contributed by atoms with van der Waals surface area (Å²) in [6.45, 7) is 4.00. The first-order chi connectivity index (χ1) is 8.93. The first-order valence-corrected chi connectivity index (χ1v) is 8.04. The topological polar surface area (TPSA) is 0 Å². The van der Waals surface area contributed by atoms with Crippen molar-refractivity contribution in [3.05, 3.63) is 34.9 Å². The lowest BCUT2D eigenvalue weighted by molar-refractivity contribution is 0.176. The Balaban J connectivity index is 0.000000478. The smallest absolute Gasteiger partial charge is 0.00996 e. The van der Waals surface area contributed by atoms with E-state index in [0.29, 0.717) is 0 Å². The Kier molecular flexibility index (Phi) is 3.46. The summed E-state index contributed by atoms with van der Waals surface area (Å²) in [5, 5.41) is 0. The van der Waals surface area contributed by atoms with Crippen LogP contribution in [-0.4, -0.2) is 0 Å². The standard InChI is InChI=1S/C16H20.C2H6/c1-3-11-7-9-13-5-2-6-14-10-8-12(4-1)15(11)16(13)14;1-2/h1,3-4,13-14,16H,2,5-10H2;1-2H3. The molecule has 2 atom stereocenters. The van der Waals surface area contributed by atoms with Crippen LogP contribution < -0.4 is 0 Å². The van der Waals surface area contributed by atoms with E-state index in [1.54, 1.807) is 11.1 Å². The molecule has 0 amide bonds. The lowest BCUT2D eigenvalue weighted by Crippen LogP contribution is -2.34. The van der Waals surface area contributed by atoms with Crippen LogP contribution >= 0.6 is 0 Å². The van der Waals surface area contributed by atoms with Gasteiger partial charge in [-0.05, 0) is 73.0 Å². The van der Waals surface area contributed by atoms with Crippen molar-refractivity contribution < 1.29 is 0 Å². The maximum Gasteiger partial charge on any atom is -0.00996 e. The molecule has 3 aliphatic rings. The van der Waals surface area contributed by atoms with E-state index < -0.39 is 0 Å². The van der Waals surface area contributed by atoms with Crippen molar-refractivity contribution in [3.63, 3.8) is 0 Å². The molecule has 0 nitrogen and oxygen atoms in total. The van der Waals surface area contributed by atoms with Crippen molar-refractivity contribution in [2.75, 3.05) is 0 Å². The molecule has 1 aromatic carbocycles. The number of hydrogen-bond acceptors (Lipinski definition) is 0. The van der Waals surface area contributed by atoms with E-state index in [9.17, 15) is 0 Å². The highest BCUT2D eigenvalue weighted by Crippen LogP contribution is 2.53. The number of benzene rings is 1. The Morgan fingerprint density at radius 2 is 1.39 bits per heavy atom. The third-order valence-corrected chi connectivity index (χ3v) is 5.35. The Morgan fingerprint density at radius 1 is 0.833 bits per heavy atom. The van der Waals surface area contributed by atoms with Gasteiger partial charge in [0.25, 0.3) is 0 Å². The molecular formula is C18H26. The maximum absolute atomic E-state index is 2.39. The molecular weight excluding hydrogens is 216 g/mol. The van der Waals surface area contributed by atoms with Gasteiger partial charge in [0.1, 0.15) is 0 Å². The van der Waals surface area contributed by atoms with Crippen molar-refractivity contribution in [2.24, 2.45) is 11.8 Å². The van der Waals surface area contributed by atoms with Gasteiger partial charge in [0.2, 0.25) is 0 Å². The van der Waals surface area contributed by atoms with Gasteiger partial charge in [-0.25, -0.2) is 0 Å². The van der Waals surface area contributed by atoms with E-state index in [1.807, 2.05) is 19.4 Å². The third kappa shape index (κ3) is 1.81. The number of rotatable bonds is 0. The minimum absolute atomic E-state index is 0.961. The molecule has 0 heteroatoms. The van der Waals surface area contributed by atoms with Gasteiger partial charge in [0.15, 0.2) is 0 Å². The van der Waals surface area contributed by atoms with Crippen molar-refractivity contribution in [1.29, 1.82) is 0 Å². The van der Waals surface area contributed by atoms with Gasteiger partial charge in [-0.3, -0.25) is 0 Å². The lowest BCUT2D eigenvalue weighted by atomic mass is 9.58. The van der Waals surface area contributed by atoms with E-state index in [-0.39, 0.29) is 0 Å². The molecule has 0 saturated heterocycles. The number of hydrogen-bond donors (Lipinski definition) is 0. The predicted octanol–water partition coefficient (Wildman–Crippen LogP) is 5.11. The quantitative estimate of drug-likeness (QED) is 0.593. The zero-order chi connectivity index (χ0) is 12.5. The summed E-state index contributed by atoms with van der Waals surface area (Å²) in [4.78, 5) is 0. The van der Waals surface area contributed by atoms with E-state index in [1.165, 1.54) is 44.9 Å². The molecule has 4 rings (SSSR count). The second-order valence-corrected chi connectivity index (χ2v) is 6.04. The van der Waals surface area contributed by atoms with Crippen LogP contribution in [0.3, 0.4) is 0 Å². The molecule has 2 unspecified atom stereocenters. The Bertz CT molecular complexity index is 384. The van der Waals surface area contributed by atoms with Crippen LogP contribution in [0, 0.1) is 11.8 Å². The summed E-state index contributed by atoms with van der Waals surface area (Å²) < 4.78 is 0. The highest BCUT2D eigenvalue weighted by atomic mass is 14.4. The third-order valence-electron chi connectivity index (χ3n) is 5.35. The summed E-state index contributed by atoms with van der Waals surface area (Å²) in [6.07, 6.45) is 10.2. The molecule has 18 heavy (non-hydrogen) atoms. The van der Waals surface area contributed by atoms with Crippen LogP contribution in [0.2, 0.25) is 0 Å². The molecule has 0 spiro atoms. The molecule has 1 fully saturated rings. The zero-order valence-electron chi connectivity index (χ0n) is 11.9. The molecule has 0 bridgehead atoms. The molecule has 0 heterocycles. The van der Waals surface area contributed by atoms with Crippen molar-refractivity contribution in [3.8, 4) is 0 Å². The Labute approximate surface area is 112 Å². The highest BCUT2D eigenvalue weighted by molar-refractivity contribution is 5.43. The van der Waals surface area contributed by atoms with Gasteiger partial charge < -0.3 is 0 Å². The maximum atomic E-state index is 2.39. The monoisotopic (exact) mass is 242 g/mol. The average Bonchev–Trinajstić information content (AvgIpc) is 2.47. The fourth-order valence-corrected chi connectivity index (χ4v) is 4.72. The van der Waals surface area contributed by atoms with Crippen LogP contribution in [0.25, 0.3) is 0 Å². The minimum Gasteiger partial charge on any atom is -0.0683 e. The molecule has 3 aliphatic carbocycles. The minimum atomic E-state index is 0.961. The summed E-state index contributed by atoms with van der Waals surface area (Å²) in [5.74, 6) is 3.03. The summed E-state index contributed by atoms with van der Waals surface area (Å²) in [7, 11) is 0. The van der Waals surface area contributed by atoms with Gasteiger partial charge in [0, 0.05) is 0 Å². The molecule has 1 aromatic rings. The largest absolute Gasteiger partial charge is 0.0683 e. The molecule has 0 aromatic heterocycles.